The molecule has 5 heteroatoms. The monoisotopic (exact) mass is 264 g/mol. The third-order valence-electron chi connectivity index (χ3n) is 2.45. The fourth-order valence-corrected chi connectivity index (χ4v) is 3.30. The molecule has 0 atom stereocenters. The standard InChI is InChI=1S/C13H16N2O2S/c1-10(2)9-18(16,17)15-12-7-3-5-11-6-4-8-14-13(11)12/h3-8,10,15H,9H2,1-2H3. The molecule has 1 aromatic carbocycles. The van der Waals surface area contributed by atoms with Gasteiger partial charge in [0.15, 0.2) is 0 Å². The summed E-state index contributed by atoms with van der Waals surface area (Å²) in [5, 5.41) is 0.919. The molecule has 0 fully saturated rings. The van der Waals surface area contributed by atoms with Gasteiger partial charge in [-0.15, -0.1) is 0 Å². The van der Waals surface area contributed by atoms with Gasteiger partial charge in [-0.2, -0.15) is 0 Å². The van der Waals surface area contributed by atoms with Crippen molar-refractivity contribution < 1.29 is 8.42 Å². The number of para-hydroxylation sites is 1. The third-order valence-corrected chi connectivity index (χ3v) is 4.09. The lowest BCUT2D eigenvalue weighted by Gasteiger charge is -2.11. The smallest absolute Gasteiger partial charge is 0.233 e. The highest BCUT2D eigenvalue weighted by Gasteiger charge is 2.14. The molecule has 0 saturated carbocycles. The summed E-state index contributed by atoms with van der Waals surface area (Å²) >= 11 is 0. The van der Waals surface area contributed by atoms with Crippen LogP contribution in [0, 0.1) is 5.92 Å². The predicted molar refractivity (Wildman–Crippen MR) is 74.0 cm³/mol. The van der Waals surface area contributed by atoms with Crippen molar-refractivity contribution in [2.24, 2.45) is 5.92 Å². The minimum atomic E-state index is -3.32. The van der Waals surface area contributed by atoms with Crippen LogP contribution in [-0.4, -0.2) is 19.2 Å². The van der Waals surface area contributed by atoms with E-state index in [1.807, 2.05) is 38.1 Å². The van der Waals surface area contributed by atoms with Crippen molar-refractivity contribution in [3.8, 4) is 0 Å². The van der Waals surface area contributed by atoms with Crippen molar-refractivity contribution >= 4 is 26.6 Å². The van der Waals surface area contributed by atoms with E-state index in [-0.39, 0.29) is 11.7 Å². The van der Waals surface area contributed by atoms with Gasteiger partial charge >= 0.3 is 0 Å². The van der Waals surface area contributed by atoms with Gasteiger partial charge in [-0.3, -0.25) is 9.71 Å². The van der Waals surface area contributed by atoms with Crippen LogP contribution in [-0.2, 0) is 10.0 Å². The number of nitrogens with one attached hydrogen (secondary N) is 1. The summed E-state index contributed by atoms with van der Waals surface area (Å²) < 4.78 is 26.4. The Morgan fingerprint density at radius 3 is 2.67 bits per heavy atom. The van der Waals surface area contributed by atoms with Crippen molar-refractivity contribution in [3.05, 3.63) is 36.5 Å². The second kappa shape index (κ2) is 4.94. The number of pyridine rings is 1. The van der Waals surface area contributed by atoms with Crippen molar-refractivity contribution in [1.82, 2.24) is 4.98 Å². The normalized spacial score (nSPS) is 11.9. The fraction of sp³-hybridized carbons (Fsp3) is 0.308. The molecule has 1 N–H and O–H groups in total. The first kappa shape index (κ1) is 12.8. The lowest BCUT2D eigenvalue weighted by molar-refractivity contribution is 0.587. The number of sulfonamides is 1. The maximum absolute atomic E-state index is 11.9. The van der Waals surface area contributed by atoms with Crippen LogP contribution >= 0.6 is 0 Å². The molecule has 0 aliphatic rings. The molecule has 0 unspecified atom stereocenters. The Labute approximate surface area is 107 Å². The highest BCUT2D eigenvalue weighted by Crippen LogP contribution is 2.22. The molecule has 1 aromatic heterocycles. The van der Waals surface area contributed by atoms with E-state index in [1.54, 1.807) is 12.3 Å². The first-order chi connectivity index (χ1) is 8.48. The molecular weight excluding hydrogens is 248 g/mol. The fourth-order valence-electron chi connectivity index (χ4n) is 1.83. The van der Waals surface area contributed by atoms with E-state index in [4.69, 9.17) is 0 Å². The molecule has 1 heterocycles. The number of rotatable bonds is 4. The minimum Gasteiger partial charge on any atom is -0.281 e. The molecule has 2 rings (SSSR count). The summed E-state index contributed by atoms with van der Waals surface area (Å²) in [6.45, 7) is 3.75. The van der Waals surface area contributed by atoms with Gasteiger partial charge in [-0.1, -0.05) is 32.0 Å². The maximum atomic E-state index is 11.9. The van der Waals surface area contributed by atoms with Crippen LogP contribution in [0.2, 0.25) is 0 Å². The average molecular weight is 264 g/mol. The lowest BCUT2D eigenvalue weighted by atomic mass is 10.2. The Kier molecular flexibility index (Phi) is 3.52. The summed E-state index contributed by atoms with van der Waals surface area (Å²) in [5.74, 6) is 0.196. The van der Waals surface area contributed by atoms with Gasteiger partial charge in [0.2, 0.25) is 10.0 Å². The average Bonchev–Trinajstić information content (AvgIpc) is 2.27. The van der Waals surface area contributed by atoms with E-state index < -0.39 is 10.0 Å². The van der Waals surface area contributed by atoms with Gasteiger partial charge < -0.3 is 0 Å². The van der Waals surface area contributed by atoms with Crippen molar-refractivity contribution in [2.45, 2.75) is 13.8 Å². The maximum Gasteiger partial charge on any atom is 0.233 e. The van der Waals surface area contributed by atoms with Crippen LogP contribution in [0.4, 0.5) is 5.69 Å². The van der Waals surface area contributed by atoms with Gasteiger partial charge in [-0.05, 0) is 18.1 Å². The molecule has 2 aromatic rings. The molecule has 0 radical (unpaired) electrons. The Balaban J connectivity index is 2.38. The number of aromatic nitrogens is 1. The quantitative estimate of drug-likeness (QED) is 0.923. The molecule has 96 valence electrons. The lowest BCUT2D eigenvalue weighted by Crippen LogP contribution is -2.20. The molecule has 4 nitrogen and oxygen atoms in total. The molecule has 0 spiro atoms. The topological polar surface area (TPSA) is 59.1 Å². The zero-order chi connectivity index (χ0) is 13.2. The minimum absolute atomic E-state index is 0.0884. The number of fused-ring (bicyclic) bond motifs is 1. The number of anilines is 1. The summed E-state index contributed by atoms with van der Waals surface area (Å²) in [5.41, 5.74) is 1.21. The summed E-state index contributed by atoms with van der Waals surface area (Å²) in [4.78, 5) is 4.22. The van der Waals surface area contributed by atoms with Crippen LogP contribution in [0.15, 0.2) is 36.5 Å². The Morgan fingerprint density at radius 1 is 1.22 bits per heavy atom. The van der Waals surface area contributed by atoms with Gasteiger partial charge in [0.1, 0.15) is 0 Å². The molecule has 0 aliphatic carbocycles. The van der Waals surface area contributed by atoms with Crippen molar-refractivity contribution in [2.75, 3.05) is 10.5 Å². The van der Waals surface area contributed by atoms with E-state index in [1.165, 1.54) is 0 Å². The Morgan fingerprint density at radius 2 is 1.94 bits per heavy atom. The van der Waals surface area contributed by atoms with E-state index in [0.29, 0.717) is 11.2 Å². The molecule has 0 amide bonds. The van der Waals surface area contributed by atoms with E-state index >= 15 is 0 Å². The Hall–Kier alpha value is -1.62. The van der Waals surface area contributed by atoms with Crippen LogP contribution in [0.3, 0.4) is 0 Å². The van der Waals surface area contributed by atoms with Crippen LogP contribution in [0.25, 0.3) is 10.9 Å². The molecule has 0 saturated heterocycles. The largest absolute Gasteiger partial charge is 0.281 e. The Bertz CT molecular complexity index is 646. The van der Waals surface area contributed by atoms with Crippen LogP contribution < -0.4 is 4.72 Å². The first-order valence-electron chi connectivity index (χ1n) is 5.82. The van der Waals surface area contributed by atoms with Gasteiger partial charge in [0.05, 0.1) is 17.0 Å². The van der Waals surface area contributed by atoms with Crippen molar-refractivity contribution in [1.29, 1.82) is 0 Å². The predicted octanol–water partition coefficient (Wildman–Crippen LogP) is 2.63. The zero-order valence-electron chi connectivity index (χ0n) is 10.4. The highest BCUT2D eigenvalue weighted by molar-refractivity contribution is 7.92. The molecule has 0 aliphatic heterocycles. The summed E-state index contributed by atoms with van der Waals surface area (Å²) in [6, 6.07) is 9.18. The van der Waals surface area contributed by atoms with Gasteiger partial charge in [0, 0.05) is 11.6 Å². The number of hydrogen-bond donors (Lipinski definition) is 1. The van der Waals surface area contributed by atoms with Crippen molar-refractivity contribution in [3.63, 3.8) is 0 Å². The summed E-state index contributed by atoms with van der Waals surface area (Å²) in [6.07, 6.45) is 1.66. The number of nitrogens with zero attached hydrogens (tertiary/aromatic N) is 1. The number of hydrogen-bond acceptors (Lipinski definition) is 3. The van der Waals surface area contributed by atoms with E-state index in [9.17, 15) is 8.42 Å². The molecule has 0 bridgehead atoms. The highest BCUT2D eigenvalue weighted by atomic mass is 32.2. The van der Waals surface area contributed by atoms with Gasteiger partial charge in [0.25, 0.3) is 0 Å². The van der Waals surface area contributed by atoms with E-state index in [2.05, 4.69) is 9.71 Å². The summed E-state index contributed by atoms with van der Waals surface area (Å²) in [7, 11) is -3.32. The second-order valence-corrected chi connectivity index (χ2v) is 6.42. The van der Waals surface area contributed by atoms with Crippen LogP contribution in [0.1, 0.15) is 13.8 Å². The first-order valence-corrected chi connectivity index (χ1v) is 7.47. The SMILES string of the molecule is CC(C)CS(=O)(=O)Nc1cccc2cccnc12. The zero-order valence-corrected chi connectivity index (χ0v) is 11.2. The second-order valence-electron chi connectivity index (χ2n) is 4.66. The molecular formula is C13H16N2O2S. The van der Waals surface area contributed by atoms with Gasteiger partial charge in [-0.25, -0.2) is 8.42 Å². The number of benzene rings is 1. The van der Waals surface area contributed by atoms with Crippen LogP contribution in [0.5, 0.6) is 0 Å². The van der Waals surface area contributed by atoms with E-state index in [0.717, 1.165) is 5.39 Å². The third kappa shape index (κ3) is 2.98. The molecule has 18 heavy (non-hydrogen) atoms.